The lowest BCUT2D eigenvalue weighted by Crippen LogP contribution is -2.65. The second-order valence-corrected chi connectivity index (χ2v) is 7.28. The van der Waals surface area contributed by atoms with Crippen LogP contribution in [-0.4, -0.2) is 49.0 Å². The average molecular weight is 354 g/mol. The van der Waals surface area contributed by atoms with Crippen LogP contribution in [-0.2, 0) is 16.6 Å². The van der Waals surface area contributed by atoms with E-state index in [1.54, 1.807) is 7.11 Å². The number of hydrogen-bond acceptors (Lipinski definition) is 4. The van der Waals surface area contributed by atoms with E-state index in [9.17, 15) is 4.79 Å². The molecule has 132 valence electrons. The van der Waals surface area contributed by atoms with Gasteiger partial charge in [0.15, 0.2) is 23.4 Å². The summed E-state index contributed by atoms with van der Waals surface area (Å²) in [5, 5.41) is 0. The Balaban J connectivity index is 0.000000845. The number of rotatable bonds is 1. The third-order valence-corrected chi connectivity index (χ3v) is 6.59. The van der Waals surface area contributed by atoms with Crippen LogP contribution in [0.15, 0.2) is 12.1 Å². The van der Waals surface area contributed by atoms with Crippen molar-refractivity contribution in [2.75, 3.05) is 20.7 Å². The summed E-state index contributed by atoms with van der Waals surface area (Å²) in [4.78, 5) is 15.1. The first-order chi connectivity index (χ1) is 10.7. The molecule has 6 heteroatoms. The summed E-state index contributed by atoms with van der Waals surface area (Å²) < 4.78 is 11.8. The van der Waals surface area contributed by atoms with Crippen LogP contribution >= 0.6 is 12.4 Å². The summed E-state index contributed by atoms with van der Waals surface area (Å²) in [5.41, 5.74) is 2.57. The number of nitrogens with zero attached hydrogens (tertiary/aromatic N) is 1. The van der Waals surface area contributed by atoms with E-state index in [4.69, 9.17) is 9.47 Å². The fraction of sp³-hybridized carbons (Fsp3) is 0.611. The Morgan fingerprint density at radius 2 is 2.17 bits per heavy atom. The number of likely N-dealkylation sites (N-methyl/N-ethyl adjacent to an activating group) is 1. The minimum Gasteiger partial charge on any atom is -0.493 e. The smallest absolute Gasteiger partial charge is 0.174 e. The molecule has 5 nitrogen and oxygen atoms in total. The topological polar surface area (TPSA) is 70.3 Å². The molecule has 2 N–H and O–H groups in total. The third-order valence-electron chi connectivity index (χ3n) is 6.59. The number of piperidine rings is 1. The average Bonchev–Trinajstić information content (AvgIpc) is 2.88. The van der Waals surface area contributed by atoms with Gasteiger partial charge in [0.1, 0.15) is 0 Å². The minimum absolute atomic E-state index is 0. The molecule has 0 aromatic heterocycles. The van der Waals surface area contributed by atoms with Crippen molar-refractivity contribution >= 4 is 18.2 Å². The second-order valence-electron chi connectivity index (χ2n) is 7.28. The van der Waals surface area contributed by atoms with Crippen molar-refractivity contribution in [3.8, 4) is 11.5 Å². The molecule has 2 fully saturated rings. The standard InChI is InChI=1S/C18H21NO3.ClH.H2O/c1-19-8-7-18-11-4-5-13(20)17(18)22-16-14(21-2)6-3-10(15(16)18)9-12(11)19;;/h3,6,11-12,17H,4-5,7-9H2,1-2H3;1H;1H2/t11-,12+,17-,18-;;/m0../s1. The van der Waals surface area contributed by atoms with Crippen LogP contribution in [0.3, 0.4) is 0 Å². The largest absolute Gasteiger partial charge is 0.493 e. The van der Waals surface area contributed by atoms with Gasteiger partial charge >= 0.3 is 0 Å². The molecule has 0 unspecified atom stereocenters. The van der Waals surface area contributed by atoms with Crippen molar-refractivity contribution in [2.45, 2.75) is 43.2 Å². The maximum absolute atomic E-state index is 12.6. The summed E-state index contributed by atoms with van der Waals surface area (Å²) in [5.74, 6) is 2.46. The maximum atomic E-state index is 12.6. The highest BCUT2D eigenvalue weighted by Crippen LogP contribution is 2.62. The van der Waals surface area contributed by atoms with Gasteiger partial charge in [0.05, 0.1) is 7.11 Å². The van der Waals surface area contributed by atoms with Crippen LogP contribution in [0.5, 0.6) is 11.5 Å². The highest BCUT2D eigenvalue weighted by atomic mass is 35.5. The van der Waals surface area contributed by atoms with Crippen LogP contribution in [0.4, 0.5) is 0 Å². The lowest BCUT2D eigenvalue weighted by Gasteiger charge is -2.57. The maximum Gasteiger partial charge on any atom is 0.174 e. The Kier molecular flexibility index (Phi) is 4.10. The van der Waals surface area contributed by atoms with Crippen LogP contribution < -0.4 is 9.47 Å². The Morgan fingerprint density at radius 3 is 2.92 bits per heavy atom. The van der Waals surface area contributed by atoms with E-state index < -0.39 is 0 Å². The van der Waals surface area contributed by atoms with Crippen molar-refractivity contribution in [1.29, 1.82) is 0 Å². The van der Waals surface area contributed by atoms with Crippen LogP contribution in [0.2, 0.25) is 0 Å². The van der Waals surface area contributed by atoms with Gasteiger partial charge in [-0.3, -0.25) is 4.79 Å². The summed E-state index contributed by atoms with van der Waals surface area (Å²) in [6.45, 7) is 1.05. The van der Waals surface area contributed by atoms with Crippen molar-refractivity contribution in [3.05, 3.63) is 23.3 Å². The number of carbonyl (C=O) groups excluding carboxylic acids is 1. The fourth-order valence-corrected chi connectivity index (χ4v) is 5.67. The molecule has 1 spiro atoms. The third kappa shape index (κ3) is 1.81. The van der Waals surface area contributed by atoms with Gasteiger partial charge in [-0.25, -0.2) is 0 Å². The lowest BCUT2D eigenvalue weighted by molar-refractivity contribution is -0.138. The van der Waals surface area contributed by atoms with E-state index in [-0.39, 0.29) is 35.2 Å². The first-order valence-corrected chi connectivity index (χ1v) is 8.27. The molecular weight excluding hydrogens is 330 g/mol. The second kappa shape index (κ2) is 5.61. The van der Waals surface area contributed by atoms with Crippen LogP contribution in [0.1, 0.15) is 30.4 Å². The molecule has 1 aromatic rings. The van der Waals surface area contributed by atoms with E-state index in [0.717, 1.165) is 37.3 Å². The monoisotopic (exact) mass is 353 g/mol. The normalized spacial score (nSPS) is 35.2. The fourth-order valence-electron chi connectivity index (χ4n) is 5.67. The van der Waals surface area contributed by atoms with Crippen molar-refractivity contribution in [2.24, 2.45) is 5.92 Å². The molecule has 0 amide bonds. The summed E-state index contributed by atoms with van der Waals surface area (Å²) in [6, 6.07) is 4.73. The summed E-state index contributed by atoms with van der Waals surface area (Å²) in [7, 11) is 3.91. The van der Waals surface area contributed by atoms with E-state index in [2.05, 4.69) is 18.0 Å². The molecule has 1 saturated carbocycles. The highest BCUT2D eigenvalue weighted by Gasteiger charge is 2.65. The van der Waals surface area contributed by atoms with Gasteiger partial charge in [-0.2, -0.15) is 0 Å². The minimum atomic E-state index is -0.284. The van der Waals surface area contributed by atoms with Crippen LogP contribution in [0, 0.1) is 5.92 Å². The number of methoxy groups -OCH3 is 1. The highest BCUT2D eigenvalue weighted by molar-refractivity contribution is 5.89. The lowest BCUT2D eigenvalue weighted by atomic mass is 9.52. The van der Waals surface area contributed by atoms with E-state index in [1.807, 2.05) is 6.07 Å². The number of ether oxygens (including phenoxy) is 2. The van der Waals surface area contributed by atoms with Gasteiger partial charge in [0.25, 0.3) is 0 Å². The van der Waals surface area contributed by atoms with Crippen molar-refractivity contribution in [3.63, 3.8) is 0 Å². The van der Waals surface area contributed by atoms with Crippen molar-refractivity contribution < 1.29 is 19.7 Å². The molecule has 1 aromatic carbocycles. The summed E-state index contributed by atoms with van der Waals surface area (Å²) >= 11 is 0. The van der Waals surface area contributed by atoms with Crippen molar-refractivity contribution in [1.82, 2.24) is 4.90 Å². The molecular formula is C18H24ClNO4. The molecule has 4 aliphatic rings. The first kappa shape index (κ1) is 17.5. The predicted molar refractivity (Wildman–Crippen MR) is 92.4 cm³/mol. The Bertz CT molecular complexity index is 694. The number of benzene rings is 1. The molecule has 2 aliphatic carbocycles. The SMILES string of the molecule is COc1ccc2c3c1O[C@H]1C(=O)CC[C@H]4[C@@H](C2)N(C)CC[C@]314.Cl.O. The van der Waals surface area contributed by atoms with Gasteiger partial charge in [0.2, 0.25) is 0 Å². The first-order valence-electron chi connectivity index (χ1n) is 8.27. The van der Waals surface area contributed by atoms with Gasteiger partial charge in [-0.15, -0.1) is 12.4 Å². The molecule has 2 heterocycles. The van der Waals surface area contributed by atoms with Crippen LogP contribution in [0.25, 0.3) is 0 Å². The Labute approximate surface area is 148 Å². The van der Waals surface area contributed by atoms with Gasteiger partial charge < -0.3 is 19.8 Å². The molecule has 1 saturated heterocycles. The van der Waals surface area contributed by atoms with Gasteiger partial charge in [-0.05, 0) is 50.4 Å². The number of carbonyl (C=O) groups is 1. The Morgan fingerprint density at radius 1 is 1.38 bits per heavy atom. The molecule has 24 heavy (non-hydrogen) atoms. The number of Topliss-reactive ketones (excluding diaryl/α,β-unsaturated/α-hetero) is 1. The quantitative estimate of drug-likeness (QED) is 0.767. The van der Waals surface area contributed by atoms with E-state index >= 15 is 0 Å². The number of likely N-dealkylation sites (tertiary alicyclic amines) is 1. The zero-order valence-corrected chi connectivity index (χ0v) is 14.8. The Hall–Kier alpha value is -1.30. The predicted octanol–water partition coefficient (Wildman–Crippen LogP) is 1.53. The number of halogens is 1. The van der Waals surface area contributed by atoms with Gasteiger partial charge in [-0.1, -0.05) is 6.07 Å². The molecule has 2 aliphatic heterocycles. The number of hydrogen-bond donors (Lipinski definition) is 0. The zero-order chi connectivity index (χ0) is 15.1. The van der Waals surface area contributed by atoms with E-state index in [1.165, 1.54) is 11.1 Å². The zero-order valence-electron chi connectivity index (χ0n) is 14.0. The van der Waals surface area contributed by atoms with Gasteiger partial charge in [0, 0.05) is 23.4 Å². The molecule has 2 bridgehead atoms. The molecule has 4 atom stereocenters. The summed E-state index contributed by atoms with van der Waals surface area (Å²) in [6.07, 6.45) is 3.47. The molecule has 0 radical (unpaired) electrons. The molecule has 5 rings (SSSR count). The van der Waals surface area contributed by atoms with E-state index in [0.29, 0.717) is 18.4 Å². The number of ketones is 1.